The molecule has 0 heterocycles. The summed E-state index contributed by atoms with van der Waals surface area (Å²) in [5.41, 5.74) is -0.386. The van der Waals surface area contributed by atoms with Gasteiger partial charge in [0, 0.05) is 6.04 Å². The van der Waals surface area contributed by atoms with Gasteiger partial charge in [0.1, 0.15) is 5.60 Å². The second-order valence-corrected chi connectivity index (χ2v) is 4.73. The Hall–Kier alpha value is -1.26. The van der Waals surface area contributed by atoms with E-state index in [9.17, 15) is 4.79 Å². The van der Waals surface area contributed by atoms with Crippen molar-refractivity contribution in [1.29, 1.82) is 0 Å². The van der Waals surface area contributed by atoms with Crippen LogP contribution in [0.4, 0.5) is 4.79 Å². The average molecular weight is 261 g/mol. The molecular weight excluding hydrogens is 234 g/mol. The number of ether oxygens (including phenoxy) is 1. The first-order valence-corrected chi connectivity index (χ1v) is 6.46. The summed E-state index contributed by atoms with van der Waals surface area (Å²) in [6.45, 7) is 9.38. The van der Waals surface area contributed by atoms with Gasteiger partial charge in [0.2, 0.25) is 0 Å². The third kappa shape index (κ3) is 12.8. The van der Waals surface area contributed by atoms with Crippen LogP contribution in [-0.4, -0.2) is 29.3 Å². The molecule has 2 N–H and O–H groups in total. The normalized spacial score (nSPS) is 14.5. The minimum absolute atomic E-state index is 0.250. The van der Waals surface area contributed by atoms with Gasteiger partial charge in [-0.1, -0.05) is 26.7 Å². The maximum absolute atomic E-state index is 11.3. The molecule has 1 saturated carbocycles. The fraction of sp³-hybridized carbons (Fsp3) is 0.846. The maximum Gasteiger partial charge on any atom is 0.407 e. The molecule has 5 heteroatoms. The molecule has 0 saturated heterocycles. The highest BCUT2D eigenvalue weighted by Gasteiger charge is 2.21. The van der Waals surface area contributed by atoms with E-state index in [1.165, 1.54) is 12.8 Å². The van der Waals surface area contributed by atoms with E-state index >= 15 is 0 Å². The number of hydrogen-bond donors (Lipinski definition) is 2. The van der Waals surface area contributed by atoms with Crippen molar-refractivity contribution < 1.29 is 19.4 Å². The molecule has 0 aromatic rings. The SMILES string of the molecule is CC.CC(C)(C)OC(=O)NC1CCCC1.O=CO. The summed E-state index contributed by atoms with van der Waals surface area (Å²) < 4.78 is 5.15. The quantitative estimate of drug-likeness (QED) is 0.711. The van der Waals surface area contributed by atoms with Gasteiger partial charge in [0.05, 0.1) is 0 Å². The van der Waals surface area contributed by atoms with E-state index in [2.05, 4.69) is 5.32 Å². The first-order chi connectivity index (χ1) is 8.39. The van der Waals surface area contributed by atoms with Crippen molar-refractivity contribution in [3.05, 3.63) is 0 Å². The molecule has 0 aromatic heterocycles. The highest BCUT2D eigenvalue weighted by molar-refractivity contribution is 5.68. The van der Waals surface area contributed by atoms with Crippen molar-refractivity contribution >= 4 is 12.6 Å². The first kappa shape index (κ1) is 19.1. The van der Waals surface area contributed by atoms with Crippen molar-refractivity contribution in [2.24, 2.45) is 0 Å². The summed E-state index contributed by atoms with van der Waals surface area (Å²) in [4.78, 5) is 19.6. The van der Waals surface area contributed by atoms with Crippen LogP contribution in [0.25, 0.3) is 0 Å². The maximum atomic E-state index is 11.3. The topological polar surface area (TPSA) is 75.6 Å². The van der Waals surface area contributed by atoms with Gasteiger partial charge in [0.25, 0.3) is 6.47 Å². The molecule has 0 bridgehead atoms. The van der Waals surface area contributed by atoms with E-state index in [1.54, 1.807) is 0 Å². The Balaban J connectivity index is 0. The van der Waals surface area contributed by atoms with Crippen molar-refractivity contribution in [2.75, 3.05) is 0 Å². The Morgan fingerprint density at radius 2 is 1.67 bits per heavy atom. The Labute approximate surface area is 110 Å². The van der Waals surface area contributed by atoms with E-state index in [1.807, 2.05) is 34.6 Å². The van der Waals surface area contributed by atoms with Crippen LogP contribution in [0, 0.1) is 0 Å². The van der Waals surface area contributed by atoms with E-state index in [4.69, 9.17) is 14.6 Å². The molecule has 1 amide bonds. The Bertz CT molecular complexity index is 218. The number of nitrogens with one attached hydrogen (secondary N) is 1. The highest BCUT2D eigenvalue weighted by Crippen LogP contribution is 2.18. The second-order valence-electron chi connectivity index (χ2n) is 4.73. The Kier molecular flexibility index (Phi) is 11.5. The van der Waals surface area contributed by atoms with Crippen molar-refractivity contribution in [2.45, 2.75) is 71.9 Å². The molecule has 1 aliphatic rings. The highest BCUT2D eigenvalue weighted by atomic mass is 16.6. The first-order valence-electron chi connectivity index (χ1n) is 6.46. The number of carboxylic acid groups (broad SMARTS) is 1. The van der Waals surface area contributed by atoms with Crippen molar-refractivity contribution in [1.82, 2.24) is 5.32 Å². The lowest BCUT2D eigenvalue weighted by atomic mass is 10.2. The van der Waals surface area contributed by atoms with Crippen LogP contribution in [0.3, 0.4) is 0 Å². The molecule has 0 unspecified atom stereocenters. The lowest BCUT2D eigenvalue weighted by Gasteiger charge is -2.21. The Morgan fingerprint density at radius 3 is 2.00 bits per heavy atom. The molecule has 1 rings (SSSR count). The van der Waals surface area contributed by atoms with Crippen LogP contribution in [0.2, 0.25) is 0 Å². The zero-order chi connectivity index (χ0) is 14.6. The van der Waals surface area contributed by atoms with E-state index < -0.39 is 0 Å². The van der Waals surface area contributed by atoms with Crippen LogP contribution in [-0.2, 0) is 9.53 Å². The van der Waals surface area contributed by atoms with E-state index in [0.717, 1.165) is 12.8 Å². The predicted molar refractivity (Wildman–Crippen MR) is 71.7 cm³/mol. The standard InChI is InChI=1S/C10H19NO2.C2H6.CH2O2/c1-10(2,3)13-9(12)11-8-6-4-5-7-8;1-2;2-1-3/h8H,4-7H2,1-3H3,(H,11,12);1-2H3;1H,(H,2,3). The summed E-state index contributed by atoms with van der Waals surface area (Å²) in [6.07, 6.45) is 4.36. The van der Waals surface area contributed by atoms with Gasteiger partial charge in [-0.15, -0.1) is 0 Å². The molecule has 1 aliphatic carbocycles. The second kappa shape index (κ2) is 10.9. The zero-order valence-electron chi connectivity index (χ0n) is 12.2. The van der Waals surface area contributed by atoms with Gasteiger partial charge < -0.3 is 15.2 Å². The monoisotopic (exact) mass is 261 g/mol. The van der Waals surface area contributed by atoms with E-state index in [0.29, 0.717) is 6.04 Å². The molecule has 0 radical (unpaired) electrons. The molecule has 0 atom stereocenters. The summed E-state index contributed by atoms with van der Waals surface area (Å²) in [5, 5.41) is 9.76. The minimum Gasteiger partial charge on any atom is -0.483 e. The van der Waals surface area contributed by atoms with Gasteiger partial charge in [-0.05, 0) is 33.6 Å². The van der Waals surface area contributed by atoms with Crippen molar-refractivity contribution in [3.63, 3.8) is 0 Å². The molecule has 1 fully saturated rings. The predicted octanol–water partition coefficient (Wildman–Crippen LogP) is 3.18. The molecule has 5 nitrogen and oxygen atoms in total. The summed E-state index contributed by atoms with van der Waals surface area (Å²) >= 11 is 0. The molecule has 108 valence electrons. The molecule has 0 aliphatic heterocycles. The molecule has 0 aromatic carbocycles. The number of hydrogen-bond acceptors (Lipinski definition) is 3. The average Bonchev–Trinajstić information content (AvgIpc) is 2.71. The smallest absolute Gasteiger partial charge is 0.407 e. The minimum atomic E-state index is -0.386. The van der Waals surface area contributed by atoms with Gasteiger partial charge in [0.15, 0.2) is 0 Å². The summed E-state index contributed by atoms with van der Waals surface area (Å²) in [7, 11) is 0. The van der Waals surface area contributed by atoms with Crippen LogP contribution in [0.5, 0.6) is 0 Å². The summed E-state index contributed by atoms with van der Waals surface area (Å²) in [6, 6.07) is 0.342. The van der Waals surface area contributed by atoms with Gasteiger partial charge >= 0.3 is 6.09 Å². The molecule has 18 heavy (non-hydrogen) atoms. The van der Waals surface area contributed by atoms with Crippen LogP contribution >= 0.6 is 0 Å². The fourth-order valence-electron chi connectivity index (χ4n) is 1.54. The summed E-state index contributed by atoms with van der Waals surface area (Å²) in [5.74, 6) is 0. The van der Waals surface area contributed by atoms with Crippen LogP contribution in [0.1, 0.15) is 60.3 Å². The van der Waals surface area contributed by atoms with Crippen LogP contribution < -0.4 is 5.32 Å². The van der Waals surface area contributed by atoms with E-state index in [-0.39, 0.29) is 18.2 Å². The van der Waals surface area contributed by atoms with Gasteiger partial charge in [-0.2, -0.15) is 0 Å². The number of carbonyl (C=O) groups excluding carboxylic acids is 1. The zero-order valence-corrected chi connectivity index (χ0v) is 12.2. The number of rotatable bonds is 1. The number of alkyl carbamates (subject to hydrolysis) is 1. The Morgan fingerprint density at radius 1 is 1.28 bits per heavy atom. The van der Waals surface area contributed by atoms with Crippen molar-refractivity contribution in [3.8, 4) is 0 Å². The third-order valence-electron chi connectivity index (χ3n) is 2.08. The third-order valence-corrected chi connectivity index (χ3v) is 2.08. The number of carbonyl (C=O) groups is 2. The molecule has 0 spiro atoms. The lowest BCUT2D eigenvalue weighted by molar-refractivity contribution is -0.122. The van der Waals surface area contributed by atoms with Gasteiger partial charge in [-0.3, -0.25) is 4.79 Å². The molecular formula is C13H27NO4. The lowest BCUT2D eigenvalue weighted by Crippen LogP contribution is -2.37. The van der Waals surface area contributed by atoms with Gasteiger partial charge in [-0.25, -0.2) is 4.79 Å². The fourth-order valence-corrected chi connectivity index (χ4v) is 1.54. The van der Waals surface area contributed by atoms with Crippen LogP contribution in [0.15, 0.2) is 0 Å². The largest absolute Gasteiger partial charge is 0.483 e. The number of amides is 1.